The molecule has 0 unspecified atom stereocenters. The summed E-state index contributed by atoms with van der Waals surface area (Å²) in [5.41, 5.74) is 0.938. The van der Waals surface area contributed by atoms with E-state index in [0.29, 0.717) is 13.2 Å². The van der Waals surface area contributed by atoms with Gasteiger partial charge in [-0.2, -0.15) is 0 Å². The summed E-state index contributed by atoms with van der Waals surface area (Å²) in [7, 11) is 1.68. The van der Waals surface area contributed by atoms with E-state index in [2.05, 4.69) is 35.1 Å². The highest BCUT2D eigenvalue weighted by molar-refractivity contribution is 9.10. The molecule has 4 heteroatoms. The Balaban J connectivity index is 2.61. The SMILES string of the molecule is COCC(C)(C)NCc1ccc(F)cc1Br. The molecule has 0 amide bonds. The van der Waals surface area contributed by atoms with Crippen LogP contribution in [0.1, 0.15) is 19.4 Å². The molecular formula is C12H17BrFNO. The highest BCUT2D eigenvalue weighted by atomic mass is 79.9. The molecule has 1 rings (SSSR count). The number of hydrogen-bond acceptors (Lipinski definition) is 2. The summed E-state index contributed by atoms with van der Waals surface area (Å²) in [6.45, 7) is 5.44. The second-order valence-corrected chi connectivity index (χ2v) is 5.26. The highest BCUT2D eigenvalue weighted by Gasteiger charge is 2.16. The molecule has 0 aliphatic rings. The van der Waals surface area contributed by atoms with E-state index in [1.807, 2.05) is 0 Å². The van der Waals surface area contributed by atoms with Crippen LogP contribution in [-0.4, -0.2) is 19.3 Å². The third-order valence-corrected chi connectivity index (χ3v) is 3.02. The van der Waals surface area contributed by atoms with E-state index in [-0.39, 0.29) is 11.4 Å². The zero-order valence-corrected chi connectivity index (χ0v) is 11.4. The number of methoxy groups -OCH3 is 1. The predicted octanol–water partition coefficient (Wildman–Crippen LogP) is 3.10. The van der Waals surface area contributed by atoms with Crippen LogP contribution < -0.4 is 5.32 Å². The van der Waals surface area contributed by atoms with Gasteiger partial charge in [-0.1, -0.05) is 22.0 Å². The molecule has 0 fully saturated rings. The van der Waals surface area contributed by atoms with Gasteiger partial charge in [0.15, 0.2) is 0 Å². The fourth-order valence-electron chi connectivity index (χ4n) is 1.41. The van der Waals surface area contributed by atoms with Crippen LogP contribution in [0.4, 0.5) is 4.39 Å². The van der Waals surface area contributed by atoms with E-state index < -0.39 is 0 Å². The van der Waals surface area contributed by atoms with E-state index in [1.165, 1.54) is 12.1 Å². The second kappa shape index (κ2) is 5.75. The first-order chi connectivity index (χ1) is 7.44. The molecule has 0 aromatic heterocycles. The van der Waals surface area contributed by atoms with Crippen molar-refractivity contribution >= 4 is 15.9 Å². The highest BCUT2D eigenvalue weighted by Crippen LogP contribution is 2.18. The number of halogens is 2. The van der Waals surface area contributed by atoms with Gasteiger partial charge in [-0.3, -0.25) is 0 Å². The van der Waals surface area contributed by atoms with Gasteiger partial charge in [0.2, 0.25) is 0 Å². The number of hydrogen-bond donors (Lipinski definition) is 1. The molecule has 16 heavy (non-hydrogen) atoms. The Morgan fingerprint density at radius 3 is 2.69 bits per heavy atom. The monoisotopic (exact) mass is 289 g/mol. The molecule has 2 nitrogen and oxygen atoms in total. The summed E-state index contributed by atoms with van der Waals surface area (Å²) in [5, 5.41) is 3.36. The lowest BCUT2D eigenvalue weighted by molar-refractivity contribution is 0.127. The van der Waals surface area contributed by atoms with Crippen LogP contribution in [0.25, 0.3) is 0 Å². The van der Waals surface area contributed by atoms with Crippen molar-refractivity contribution < 1.29 is 9.13 Å². The molecule has 0 heterocycles. The summed E-state index contributed by atoms with van der Waals surface area (Å²) in [6.07, 6.45) is 0. The Bertz CT molecular complexity index is 355. The zero-order chi connectivity index (χ0) is 12.2. The van der Waals surface area contributed by atoms with Crippen LogP contribution in [0, 0.1) is 5.82 Å². The maximum Gasteiger partial charge on any atom is 0.124 e. The van der Waals surface area contributed by atoms with Crippen molar-refractivity contribution in [1.29, 1.82) is 0 Å². The van der Waals surface area contributed by atoms with Gasteiger partial charge in [0.1, 0.15) is 5.82 Å². The van der Waals surface area contributed by atoms with Gasteiger partial charge in [-0.25, -0.2) is 4.39 Å². The standard InChI is InChI=1S/C12H17BrFNO/c1-12(2,8-16-3)15-7-9-4-5-10(14)6-11(9)13/h4-6,15H,7-8H2,1-3H3. The summed E-state index contributed by atoms with van der Waals surface area (Å²) >= 11 is 3.34. The first-order valence-electron chi connectivity index (χ1n) is 5.12. The minimum absolute atomic E-state index is 0.0947. The van der Waals surface area contributed by atoms with E-state index in [1.54, 1.807) is 13.2 Å². The molecular weight excluding hydrogens is 273 g/mol. The molecule has 1 aromatic rings. The average Bonchev–Trinajstić information content (AvgIpc) is 2.16. The van der Waals surface area contributed by atoms with Crippen LogP contribution in [0.5, 0.6) is 0 Å². The molecule has 1 aromatic carbocycles. The lowest BCUT2D eigenvalue weighted by atomic mass is 10.1. The summed E-state index contributed by atoms with van der Waals surface area (Å²) < 4.78 is 18.8. The largest absolute Gasteiger partial charge is 0.383 e. The van der Waals surface area contributed by atoms with E-state index in [4.69, 9.17) is 4.74 Å². The first-order valence-corrected chi connectivity index (χ1v) is 5.92. The van der Waals surface area contributed by atoms with Gasteiger partial charge in [-0.05, 0) is 31.5 Å². The molecule has 90 valence electrons. The molecule has 0 spiro atoms. The van der Waals surface area contributed by atoms with Crippen LogP contribution >= 0.6 is 15.9 Å². The number of ether oxygens (including phenoxy) is 1. The smallest absolute Gasteiger partial charge is 0.124 e. The molecule has 1 N–H and O–H groups in total. The minimum Gasteiger partial charge on any atom is -0.383 e. The van der Waals surface area contributed by atoms with Crippen molar-refractivity contribution in [3.8, 4) is 0 Å². The van der Waals surface area contributed by atoms with Crippen molar-refractivity contribution in [3.63, 3.8) is 0 Å². The Kier molecular flexibility index (Phi) is 4.89. The van der Waals surface area contributed by atoms with Crippen molar-refractivity contribution in [2.75, 3.05) is 13.7 Å². The Morgan fingerprint density at radius 2 is 2.12 bits per heavy atom. The van der Waals surface area contributed by atoms with Gasteiger partial charge in [0.25, 0.3) is 0 Å². The Hall–Kier alpha value is -0.450. The van der Waals surface area contributed by atoms with Gasteiger partial charge in [-0.15, -0.1) is 0 Å². The molecule has 0 bridgehead atoms. The summed E-state index contributed by atoms with van der Waals surface area (Å²) in [6, 6.07) is 4.71. The fraction of sp³-hybridized carbons (Fsp3) is 0.500. The van der Waals surface area contributed by atoms with Crippen LogP contribution in [0.3, 0.4) is 0 Å². The number of rotatable bonds is 5. The van der Waals surface area contributed by atoms with E-state index in [0.717, 1.165) is 10.0 Å². The summed E-state index contributed by atoms with van der Waals surface area (Å²) in [5.74, 6) is -0.230. The zero-order valence-electron chi connectivity index (χ0n) is 9.81. The quantitative estimate of drug-likeness (QED) is 0.899. The lowest BCUT2D eigenvalue weighted by Crippen LogP contribution is -2.42. The first kappa shape index (κ1) is 13.6. The second-order valence-electron chi connectivity index (χ2n) is 4.41. The molecule has 0 saturated carbocycles. The molecule has 0 aliphatic carbocycles. The Labute approximate surface area is 104 Å². The number of benzene rings is 1. The maximum atomic E-state index is 12.9. The third kappa shape index (κ3) is 4.20. The van der Waals surface area contributed by atoms with Gasteiger partial charge >= 0.3 is 0 Å². The third-order valence-electron chi connectivity index (χ3n) is 2.28. The van der Waals surface area contributed by atoms with Crippen LogP contribution in [0.2, 0.25) is 0 Å². The van der Waals surface area contributed by atoms with E-state index in [9.17, 15) is 4.39 Å². The van der Waals surface area contributed by atoms with Crippen molar-refractivity contribution in [2.24, 2.45) is 0 Å². The lowest BCUT2D eigenvalue weighted by Gasteiger charge is -2.25. The van der Waals surface area contributed by atoms with E-state index >= 15 is 0 Å². The fourth-order valence-corrected chi connectivity index (χ4v) is 1.90. The average molecular weight is 290 g/mol. The van der Waals surface area contributed by atoms with Crippen LogP contribution in [0.15, 0.2) is 22.7 Å². The summed E-state index contributed by atoms with van der Waals surface area (Å²) in [4.78, 5) is 0. The van der Waals surface area contributed by atoms with Crippen molar-refractivity contribution in [1.82, 2.24) is 5.32 Å². The predicted molar refractivity (Wildman–Crippen MR) is 66.9 cm³/mol. The van der Waals surface area contributed by atoms with Crippen LogP contribution in [-0.2, 0) is 11.3 Å². The van der Waals surface area contributed by atoms with Crippen molar-refractivity contribution in [2.45, 2.75) is 25.9 Å². The topological polar surface area (TPSA) is 21.3 Å². The normalized spacial score (nSPS) is 11.8. The van der Waals surface area contributed by atoms with Crippen molar-refractivity contribution in [3.05, 3.63) is 34.1 Å². The molecule has 0 aliphatic heterocycles. The minimum atomic E-state index is -0.230. The maximum absolute atomic E-state index is 12.9. The van der Waals surface area contributed by atoms with Gasteiger partial charge in [0, 0.05) is 23.7 Å². The molecule has 0 atom stereocenters. The Morgan fingerprint density at radius 1 is 1.44 bits per heavy atom. The van der Waals surface area contributed by atoms with Gasteiger partial charge < -0.3 is 10.1 Å². The number of nitrogens with one attached hydrogen (secondary N) is 1. The molecule has 0 radical (unpaired) electrons. The van der Waals surface area contributed by atoms with Gasteiger partial charge in [0.05, 0.1) is 6.61 Å². The molecule has 0 saturated heterocycles.